The fourth-order valence-corrected chi connectivity index (χ4v) is 1.84. The molecule has 0 aliphatic rings. The third kappa shape index (κ3) is 2.00. The van der Waals surface area contributed by atoms with Crippen LogP contribution in [-0.2, 0) is 0 Å². The fourth-order valence-electron chi connectivity index (χ4n) is 1.64. The van der Waals surface area contributed by atoms with E-state index in [0.29, 0.717) is 11.3 Å². The van der Waals surface area contributed by atoms with Gasteiger partial charge in [-0.05, 0) is 30.7 Å². The van der Waals surface area contributed by atoms with Crippen LogP contribution in [0.1, 0.15) is 32.0 Å². The van der Waals surface area contributed by atoms with Crippen LogP contribution in [0.3, 0.4) is 0 Å². The number of pyridine rings is 1. The van der Waals surface area contributed by atoms with Gasteiger partial charge in [0.15, 0.2) is 5.78 Å². The van der Waals surface area contributed by atoms with Gasteiger partial charge in [-0.1, -0.05) is 0 Å². The maximum atomic E-state index is 12.3. The van der Waals surface area contributed by atoms with Crippen molar-refractivity contribution in [3.05, 3.63) is 47.0 Å². The molecule has 0 aromatic carbocycles. The van der Waals surface area contributed by atoms with Gasteiger partial charge in [0, 0.05) is 11.8 Å². The Morgan fingerprint density at radius 3 is 2.61 bits per heavy atom. The Morgan fingerprint density at radius 2 is 2.06 bits per heavy atom. The van der Waals surface area contributed by atoms with Crippen LogP contribution >= 0.6 is 11.6 Å². The molecular formula is C12H9ClN2O3. The molecule has 0 aliphatic heterocycles. The van der Waals surface area contributed by atoms with E-state index in [9.17, 15) is 9.59 Å². The van der Waals surface area contributed by atoms with Crippen LogP contribution in [-0.4, -0.2) is 16.0 Å². The van der Waals surface area contributed by atoms with E-state index in [1.54, 1.807) is 6.92 Å². The number of carbonyl (C=O) groups excluding carboxylic acids is 2. The average molecular weight is 265 g/mol. The smallest absolute Gasteiger partial charge is 0.256 e. The lowest BCUT2D eigenvalue weighted by Crippen LogP contribution is -2.11. The zero-order valence-electron chi connectivity index (χ0n) is 9.44. The number of nitrogens with two attached hydrogens (primary N) is 1. The van der Waals surface area contributed by atoms with Crippen LogP contribution in [0.5, 0.6) is 0 Å². The first-order valence-electron chi connectivity index (χ1n) is 5.05. The lowest BCUT2D eigenvalue weighted by Gasteiger charge is -2.06. The SMILES string of the molecule is Cc1occc1C(=O)c1ccnc(N)c1C(=O)Cl. The van der Waals surface area contributed by atoms with Crippen molar-refractivity contribution >= 4 is 28.4 Å². The molecule has 18 heavy (non-hydrogen) atoms. The van der Waals surface area contributed by atoms with Gasteiger partial charge in [-0.2, -0.15) is 0 Å². The first-order valence-corrected chi connectivity index (χ1v) is 5.43. The van der Waals surface area contributed by atoms with E-state index >= 15 is 0 Å². The average Bonchev–Trinajstić information content (AvgIpc) is 2.73. The Kier molecular flexibility index (Phi) is 3.16. The van der Waals surface area contributed by atoms with Crippen molar-refractivity contribution < 1.29 is 14.0 Å². The molecule has 0 fully saturated rings. The summed E-state index contributed by atoms with van der Waals surface area (Å²) in [6.45, 7) is 1.65. The van der Waals surface area contributed by atoms with E-state index in [1.807, 2.05) is 0 Å². The summed E-state index contributed by atoms with van der Waals surface area (Å²) < 4.78 is 5.05. The molecule has 2 aromatic heterocycles. The topological polar surface area (TPSA) is 86.2 Å². The molecule has 0 unspecified atom stereocenters. The van der Waals surface area contributed by atoms with Gasteiger partial charge in [0.25, 0.3) is 5.24 Å². The summed E-state index contributed by atoms with van der Waals surface area (Å²) in [5.41, 5.74) is 5.96. The number of nitrogens with zero attached hydrogens (tertiary/aromatic N) is 1. The third-order valence-corrected chi connectivity index (χ3v) is 2.71. The minimum Gasteiger partial charge on any atom is -0.469 e. The Bertz CT molecular complexity index is 634. The molecule has 0 radical (unpaired) electrons. The van der Waals surface area contributed by atoms with Crippen molar-refractivity contribution in [1.29, 1.82) is 0 Å². The van der Waals surface area contributed by atoms with Gasteiger partial charge in [0.05, 0.1) is 17.4 Å². The standard InChI is InChI=1S/C12H9ClN2O3/c1-6-7(3-5-18-6)10(16)8-2-4-15-12(14)9(8)11(13)17/h2-5H,1H3,(H2,14,15). The van der Waals surface area contributed by atoms with Crippen molar-refractivity contribution in [3.63, 3.8) is 0 Å². The predicted molar refractivity (Wildman–Crippen MR) is 65.7 cm³/mol. The van der Waals surface area contributed by atoms with E-state index in [-0.39, 0.29) is 22.7 Å². The number of aryl methyl sites for hydroxylation is 1. The summed E-state index contributed by atoms with van der Waals surface area (Å²) >= 11 is 5.42. The van der Waals surface area contributed by atoms with Gasteiger partial charge in [0.2, 0.25) is 0 Å². The summed E-state index contributed by atoms with van der Waals surface area (Å²) in [5.74, 6) is 0.0182. The largest absolute Gasteiger partial charge is 0.469 e. The maximum absolute atomic E-state index is 12.3. The number of ketones is 1. The first-order chi connectivity index (χ1) is 8.52. The number of nitrogen functional groups attached to an aromatic ring is 1. The van der Waals surface area contributed by atoms with Gasteiger partial charge in [0.1, 0.15) is 11.6 Å². The molecule has 2 aromatic rings. The van der Waals surface area contributed by atoms with E-state index in [4.69, 9.17) is 21.8 Å². The van der Waals surface area contributed by atoms with Crippen LogP contribution in [0, 0.1) is 6.92 Å². The Morgan fingerprint density at radius 1 is 1.33 bits per heavy atom. The number of anilines is 1. The van der Waals surface area contributed by atoms with Crippen molar-refractivity contribution in [3.8, 4) is 0 Å². The van der Waals surface area contributed by atoms with E-state index in [1.165, 1.54) is 24.6 Å². The monoisotopic (exact) mass is 264 g/mol. The highest BCUT2D eigenvalue weighted by Crippen LogP contribution is 2.22. The first kappa shape index (κ1) is 12.3. The normalized spacial score (nSPS) is 10.3. The second kappa shape index (κ2) is 4.62. The molecule has 0 spiro atoms. The zero-order chi connectivity index (χ0) is 13.3. The highest BCUT2D eigenvalue weighted by molar-refractivity contribution is 6.68. The minimum absolute atomic E-state index is 0.0676. The number of hydrogen-bond acceptors (Lipinski definition) is 5. The molecule has 5 nitrogen and oxygen atoms in total. The second-order valence-electron chi connectivity index (χ2n) is 3.61. The van der Waals surface area contributed by atoms with Crippen LogP contribution in [0.2, 0.25) is 0 Å². The molecule has 0 saturated heterocycles. The van der Waals surface area contributed by atoms with Crippen molar-refractivity contribution in [2.24, 2.45) is 0 Å². The zero-order valence-corrected chi connectivity index (χ0v) is 10.2. The highest BCUT2D eigenvalue weighted by atomic mass is 35.5. The van der Waals surface area contributed by atoms with E-state index in [0.717, 1.165) is 0 Å². The Hall–Kier alpha value is -2.14. The Labute approximate surface area is 108 Å². The molecule has 0 atom stereocenters. The summed E-state index contributed by atoms with van der Waals surface area (Å²) in [6.07, 6.45) is 2.75. The predicted octanol–water partition coefficient (Wildman–Crippen LogP) is 2.18. The number of carbonyl (C=O) groups is 2. The van der Waals surface area contributed by atoms with Crippen molar-refractivity contribution in [2.75, 3.05) is 5.73 Å². The summed E-state index contributed by atoms with van der Waals surface area (Å²) in [6, 6.07) is 2.93. The second-order valence-corrected chi connectivity index (χ2v) is 3.96. The fraction of sp³-hybridized carbons (Fsp3) is 0.0833. The number of hydrogen-bond donors (Lipinski definition) is 1. The molecular weight excluding hydrogens is 256 g/mol. The van der Waals surface area contributed by atoms with Gasteiger partial charge < -0.3 is 10.2 Å². The number of aromatic nitrogens is 1. The molecule has 0 amide bonds. The van der Waals surface area contributed by atoms with Gasteiger partial charge in [-0.3, -0.25) is 9.59 Å². The molecule has 0 saturated carbocycles. The lowest BCUT2D eigenvalue weighted by molar-refractivity contribution is 0.102. The van der Waals surface area contributed by atoms with Crippen LogP contribution in [0.25, 0.3) is 0 Å². The van der Waals surface area contributed by atoms with E-state index < -0.39 is 5.24 Å². The minimum atomic E-state index is -0.815. The van der Waals surface area contributed by atoms with Crippen molar-refractivity contribution in [1.82, 2.24) is 4.98 Å². The molecule has 2 N–H and O–H groups in total. The third-order valence-electron chi connectivity index (χ3n) is 2.52. The quantitative estimate of drug-likeness (QED) is 0.678. The summed E-state index contributed by atoms with van der Waals surface area (Å²) in [5, 5.41) is -0.815. The Balaban J connectivity index is 2.59. The van der Waals surface area contributed by atoms with E-state index in [2.05, 4.69) is 4.98 Å². The molecule has 0 bridgehead atoms. The van der Waals surface area contributed by atoms with Crippen molar-refractivity contribution in [2.45, 2.75) is 6.92 Å². The van der Waals surface area contributed by atoms with Gasteiger partial charge in [-0.15, -0.1) is 0 Å². The number of halogens is 1. The van der Waals surface area contributed by atoms with Gasteiger partial charge >= 0.3 is 0 Å². The molecule has 0 aliphatic carbocycles. The summed E-state index contributed by atoms with van der Waals surface area (Å²) in [7, 11) is 0. The van der Waals surface area contributed by atoms with Crippen LogP contribution < -0.4 is 5.73 Å². The van der Waals surface area contributed by atoms with Gasteiger partial charge in [-0.25, -0.2) is 4.98 Å². The molecule has 2 rings (SSSR count). The molecule has 2 heterocycles. The lowest BCUT2D eigenvalue weighted by atomic mass is 10.0. The van der Waals surface area contributed by atoms with Crippen LogP contribution in [0.4, 0.5) is 5.82 Å². The molecule has 6 heteroatoms. The number of rotatable bonds is 3. The van der Waals surface area contributed by atoms with Crippen LogP contribution in [0.15, 0.2) is 29.0 Å². The molecule has 92 valence electrons. The highest BCUT2D eigenvalue weighted by Gasteiger charge is 2.22. The maximum Gasteiger partial charge on any atom is 0.256 e. The summed E-state index contributed by atoms with van der Waals surface area (Å²) in [4.78, 5) is 27.3. The number of furan rings is 1.